The number of fused-ring (bicyclic) bond motifs is 3. The van der Waals surface area contributed by atoms with Gasteiger partial charge in [0.05, 0.1) is 10.2 Å². The van der Waals surface area contributed by atoms with Crippen LogP contribution in [0.5, 0.6) is 0 Å². The van der Waals surface area contributed by atoms with Gasteiger partial charge in [-0.3, -0.25) is 0 Å². The van der Waals surface area contributed by atoms with E-state index in [4.69, 9.17) is 4.98 Å². The molecule has 4 nitrogen and oxygen atoms in total. The van der Waals surface area contributed by atoms with Crippen molar-refractivity contribution in [2.45, 2.75) is 18.9 Å². The Hall–Kier alpha value is -1.24. The molecule has 0 atom stereocenters. The molecule has 0 saturated carbocycles. The van der Waals surface area contributed by atoms with Crippen LogP contribution in [-0.2, 0) is 0 Å². The third-order valence-corrected chi connectivity index (χ3v) is 5.63. The van der Waals surface area contributed by atoms with E-state index in [0.717, 1.165) is 43.5 Å². The number of hydrogen-bond acceptors (Lipinski definition) is 6. The summed E-state index contributed by atoms with van der Waals surface area (Å²) in [5, 5.41) is 2.22. The molecule has 0 radical (unpaired) electrons. The van der Waals surface area contributed by atoms with Crippen molar-refractivity contribution in [3.63, 3.8) is 0 Å². The van der Waals surface area contributed by atoms with E-state index in [1.54, 1.807) is 29.4 Å². The van der Waals surface area contributed by atoms with Crippen molar-refractivity contribution < 1.29 is 0 Å². The molecule has 3 rings (SSSR count). The quantitative estimate of drug-likeness (QED) is 0.544. The van der Waals surface area contributed by atoms with Crippen LogP contribution in [0.4, 0.5) is 0 Å². The molecule has 0 bridgehead atoms. The Labute approximate surface area is 132 Å². The second-order valence-electron chi connectivity index (χ2n) is 5.35. The second kappa shape index (κ2) is 5.87. The molecule has 110 valence electrons. The van der Waals surface area contributed by atoms with E-state index in [-0.39, 0.29) is 0 Å². The Bertz CT molecular complexity index is 795. The van der Waals surface area contributed by atoms with E-state index in [1.807, 2.05) is 0 Å². The van der Waals surface area contributed by atoms with Crippen molar-refractivity contribution in [3.05, 3.63) is 23.7 Å². The van der Waals surface area contributed by atoms with Gasteiger partial charge in [0.25, 0.3) is 0 Å². The highest BCUT2D eigenvalue weighted by atomic mass is 32.2. The number of thioether (sulfide) groups is 1. The van der Waals surface area contributed by atoms with E-state index >= 15 is 0 Å². The van der Waals surface area contributed by atoms with E-state index in [1.165, 1.54) is 5.56 Å². The zero-order valence-electron chi connectivity index (χ0n) is 12.7. The van der Waals surface area contributed by atoms with E-state index in [9.17, 15) is 0 Å². The number of thiophene rings is 1. The van der Waals surface area contributed by atoms with Crippen molar-refractivity contribution in [2.24, 2.45) is 0 Å². The lowest BCUT2D eigenvalue weighted by Crippen LogP contribution is -2.14. The Morgan fingerprint density at radius 2 is 2.05 bits per heavy atom. The largest absolute Gasteiger partial charge is 0.309 e. The maximum atomic E-state index is 4.70. The molecule has 0 saturated heterocycles. The SMILES string of the molecule is Cc1cc2c(nc1C)sc1c(SCCN(C)C)ncnc12. The monoisotopic (exact) mass is 318 g/mol. The average molecular weight is 318 g/mol. The van der Waals surface area contributed by atoms with Gasteiger partial charge in [0.2, 0.25) is 0 Å². The van der Waals surface area contributed by atoms with Crippen molar-refractivity contribution in [2.75, 3.05) is 26.4 Å². The molecule has 21 heavy (non-hydrogen) atoms. The molecule has 3 aromatic heterocycles. The summed E-state index contributed by atoms with van der Waals surface area (Å²) in [6.07, 6.45) is 1.67. The van der Waals surface area contributed by atoms with Gasteiger partial charge in [-0.05, 0) is 39.6 Å². The normalized spacial score (nSPS) is 11.9. The summed E-state index contributed by atoms with van der Waals surface area (Å²) in [7, 11) is 4.18. The van der Waals surface area contributed by atoms with E-state index in [0.29, 0.717) is 0 Å². The summed E-state index contributed by atoms with van der Waals surface area (Å²) in [5.74, 6) is 1.03. The van der Waals surface area contributed by atoms with Gasteiger partial charge in [0.1, 0.15) is 16.2 Å². The minimum absolute atomic E-state index is 1.03. The number of aromatic nitrogens is 3. The van der Waals surface area contributed by atoms with Gasteiger partial charge in [-0.1, -0.05) is 0 Å². The second-order valence-corrected chi connectivity index (χ2v) is 7.44. The molecule has 0 aliphatic heterocycles. The number of pyridine rings is 1. The highest BCUT2D eigenvalue weighted by Crippen LogP contribution is 2.36. The summed E-state index contributed by atoms with van der Waals surface area (Å²) in [6, 6.07) is 2.19. The molecular formula is C15H18N4S2. The van der Waals surface area contributed by atoms with Gasteiger partial charge in [0.15, 0.2) is 0 Å². The van der Waals surface area contributed by atoms with Crippen LogP contribution in [0.2, 0.25) is 0 Å². The van der Waals surface area contributed by atoms with Crippen molar-refractivity contribution in [1.82, 2.24) is 19.9 Å². The first-order valence-electron chi connectivity index (χ1n) is 6.85. The third kappa shape index (κ3) is 2.88. The molecule has 0 aliphatic carbocycles. The van der Waals surface area contributed by atoms with Crippen LogP contribution in [0.25, 0.3) is 20.4 Å². The van der Waals surface area contributed by atoms with E-state index < -0.39 is 0 Å². The number of nitrogens with zero attached hydrogens (tertiary/aromatic N) is 4. The minimum atomic E-state index is 1.03. The molecular weight excluding hydrogens is 300 g/mol. The third-order valence-electron chi connectivity index (χ3n) is 3.43. The summed E-state index contributed by atoms with van der Waals surface area (Å²) in [4.78, 5) is 16.9. The first-order valence-corrected chi connectivity index (χ1v) is 8.65. The number of hydrogen-bond donors (Lipinski definition) is 0. The lowest BCUT2D eigenvalue weighted by atomic mass is 10.2. The van der Waals surface area contributed by atoms with Gasteiger partial charge in [-0.2, -0.15) is 0 Å². The topological polar surface area (TPSA) is 41.9 Å². The van der Waals surface area contributed by atoms with Crippen molar-refractivity contribution in [3.8, 4) is 0 Å². The van der Waals surface area contributed by atoms with Crippen LogP contribution < -0.4 is 0 Å². The van der Waals surface area contributed by atoms with Gasteiger partial charge in [-0.15, -0.1) is 23.1 Å². The zero-order valence-corrected chi connectivity index (χ0v) is 14.3. The van der Waals surface area contributed by atoms with Crippen molar-refractivity contribution in [1.29, 1.82) is 0 Å². The van der Waals surface area contributed by atoms with Crippen LogP contribution in [-0.4, -0.2) is 46.2 Å². The average Bonchev–Trinajstić information content (AvgIpc) is 2.78. The molecule has 0 fully saturated rings. The van der Waals surface area contributed by atoms with Crippen LogP contribution in [0.3, 0.4) is 0 Å². The molecule has 0 N–H and O–H groups in total. The molecule has 0 aromatic carbocycles. The number of aryl methyl sites for hydroxylation is 2. The Morgan fingerprint density at radius 1 is 1.24 bits per heavy atom. The fourth-order valence-electron chi connectivity index (χ4n) is 2.10. The molecule has 0 aliphatic rings. The van der Waals surface area contributed by atoms with Gasteiger partial charge >= 0.3 is 0 Å². The Balaban J connectivity index is 2.06. The molecule has 0 unspecified atom stereocenters. The van der Waals surface area contributed by atoms with Crippen LogP contribution in [0.15, 0.2) is 17.4 Å². The zero-order chi connectivity index (χ0) is 15.0. The van der Waals surface area contributed by atoms with Gasteiger partial charge in [0, 0.05) is 23.4 Å². The summed E-state index contributed by atoms with van der Waals surface area (Å²) < 4.78 is 1.16. The fraction of sp³-hybridized carbons (Fsp3) is 0.400. The van der Waals surface area contributed by atoms with Gasteiger partial charge < -0.3 is 4.90 Å². The van der Waals surface area contributed by atoms with Crippen LogP contribution >= 0.6 is 23.1 Å². The maximum Gasteiger partial charge on any atom is 0.126 e. The van der Waals surface area contributed by atoms with Crippen molar-refractivity contribution >= 4 is 43.5 Å². The molecule has 6 heteroatoms. The number of rotatable bonds is 4. The van der Waals surface area contributed by atoms with Gasteiger partial charge in [-0.25, -0.2) is 15.0 Å². The highest BCUT2D eigenvalue weighted by Gasteiger charge is 2.13. The molecule has 0 amide bonds. The maximum absolute atomic E-state index is 4.70. The fourth-order valence-corrected chi connectivity index (χ4v) is 4.44. The molecule has 0 spiro atoms. The molecule has 3 aromatic rings. The predicted octanol–water partition coefficient (Wildman–Crippen LogP) is 3.51. The summed E-state index contributed by atoms with van der Waals surface area (Å²) >= 11 is 3.49. The first-order chi connectivity index (χ1) is 10.1. The van der Waals surface area contributed by atoms with Crippen LogP contribution in [0, 0.1) is 13.8 Å². The van der Waals surface area contributed by atoms with E-state index in [2.05, 4.69) is 48.9 Å². The van der Waals surface area contributed by atoms with Crippen LogP contribution in [0.1, 0.15) is 11.3 Å². The minimum Gasteiger partial charge on any atom is -0.309 e. The highest BCUT2D eigenvalue weighted by molar-refractivity contribution is 7.99. The lowest BCUT2D eigenvalue weighted by Gasteiger charge is -2.08. The first kappa shape index (κ1) is 14.7. The summed E-state index contributed by atoms with van der Waals surface area (Å²) in [6.45, 7) is 5.19. The Morgan fingerprint density at radius 3 is 2.81 bits per heavy atom. The Kier molecular flexibility index (Phi) is 4.10. The predicted molar refractivity (Wildman–Crippen MR) is 91.5 cm³/mol. The standard InChI is InChI=1S/C15H18N4S2/c1-9-7-11-12-13(21-14(11)18-10(9)2)15(17-8-16-12)20-6-5-19(3)4/h7-8H,5-6H2,1-4H3. The smallest absolute Gasteiger partial charge is 0.126 e. The lowest BCUT2D eigenvalue weighted by molar-refractivity contribution is 0.437. The molecule has 3 heterocycles. The summed E-state index contributed by atoms with van der Waals surface area (Å²) in [5.41, 5.74) is 3.33.